The van der Waals surface area contributed by atoms with Gasteiger partial charge >= 0.3 is 6.18 Å². The molecule has 3 aliphatic heterocycles. The number of amidine groups is 1. The van der Waals surface area contributed by atoms with E-state index in [9.17, 15) is 17.6 Å². The molecule has 4 aliphatic rings. The van der Waals surface area contributed by atoms with Crippen molar-refractivity contribution in [3.63, 3.8) is 0 Å². The molecule has 3 fully saturated rings. The van der Waals surface area contributed by atoms with Gasteiger partial charge in [0.1, 0.15) is 23.4 Å². The molecule has 25 heavy (non-hydrogen) atoms. The molecule has 134 valence electrons. The molecule has 3 atom stereocenters. The van der Waals surface area contributed by atoms with Crippen LogP contribution >= 0.6 is 11.9 Å². The monoisotopic (exact) mass is 372 g/mol. The third kappa shape index (κ3) is 2.51. The van der Waals surface area contributed by atoms with Crippen molar-refractivity contribution < 1.29 is 17.6 Å². The number of halogens is 4. The standard InChI is InChI=1S/C16H16F4N4S/c17-8-3-10(14-12(4-8)25-23-15(22-14)7-1-2-7)24-11-6-21-9(11)5-13(24)16(18,19)20/h3-4,7,9,11,13,21H,1-2,5-6H2,(H,22,23)/t9-,11?,13?/m0/s1. The molecular formula is C16H16F4N4S. The second-order valence-electron chi connectivity index (χ2n) is 7.03. The van der Waals surface area contributed by atoms with E-state index in [1.807, 2.05) is 0 Å². The number of rotatable bonds is 2. The average Bonchev–Trinajstić information content (AvgIpc) is 3.31. The number of alkyl halides is 3. The Kier molecular flexibility index (Phi) is 3.31. The van der Waals surface area contributed by atoms with Crippen molar-refractivity contribution in [3.8, 4) is 0 Å². The maximum atomic E-state index is 14.1. The van der Waals surface area contributed by atoms with Gasteiger partial charge in [-0.05, 0) is 43.3 Å². The van der Waals surface area contributed by atoms with E-state index in [1.54, 1.807) is 0 Å². The van der Waals surface area contributed by atoms with Crippen LogP contribution in [0.5, 0.6) is 0 Å². The number of hydrogen-bond donors (Lipinski definition) is 2. The Morgan fingerprint density at radius 3 is 2.68 bits per heavy atom. The van der Waals surface area contributed by atoms with Crippen LogP contribution in [0.1, 0.15) is 19.3 Å². The average molecular weight is 372 g/mol. The highest BCUT2D eigenvalue weighted by molar-refractivity contribution is 7.98. The third-order valence-electron chi connectivity index (χ3n) is 5.36. The molecule has 4 nitrogen and oxygen atoms in total. The summed E-state index contributed by atoms with van der Waals surface area (Å²) in [5.41, 5.74) is 0.729. The van der Waals surface area contributed by atoms with Gasteiger partial charge in [0, 0.05) is 18.5 Å². The number of nitrogens with one attached hydrogen (secondary N) is 2. The molecule has 1 aromatic carbocycles. The van der Waals surface area contributed by atoms with Gasteiger partial charge in [-0.15, -0.1) is 0 Å². The normalized spacial score (nSPS) is 31.0. The first kappa shape index (κ1) is 15.7. The molecule has 9 heteroatoms. The molecule has 0 amide bonds. The van der Waals surface area contributed by atoms with Crippen molar-refractivity contribution in [2.45, 2.75) is 48.5 Å². The lowest BCUT2D eigenvalue weighted by Gasteiger charge is -2.40. The Morgan fingerprint density at radius 1 is 1.24 bits per heavy atom. The maximum absolute atomic E-state index is 14.1. The Labute approximate surface area is 146 Å². The highest BCUT2D eigenvalue weighted by Gasteiger charge is 2.57. The summed E-state index contributed by atoms with van der Waals surface area (Å²) in [5, 5.41) is 3.05. The van der Waals surface area contributed by atoms with Gasteiger partial charge in [-0.2, -0.15) is 13.2 Å². The van der Waals surface area contributed by atoms with Crippen LogP contribution in [-0.2, 0) is 0 Å². The van der Waals surface area contributed by atoms with Gasteiger partial charge in [-0.25, -0.2) is 9.38 Å². The summed E-state index contributed by atoms with van der Waals surface area (Å²) in [6.45, 7) is 0.479. The molecular weight excluding hydrogens is 356 g/mol. The predicted molar refractivity (Wildman–Crippen MR) is 87.7 cm³/mol. The molecule has 3 heterocycles. The molecule has 0 aromatic heterocycles. The SMILES string of the molecule is Fc1cc2c(c(N3C4CN[C@H]4CC3C(F)(F)F)c1)N=C(C1CC1)NS2. The summed E-state index contributed by atoms with van der Waals surface area (Å²) in [4.78, 5) is 6.47. The fraction of sp³-hybridized carbons (Fsp3) is 0.562. The highest BCUT2D eigenvalue weighted by Crippen LogP contribution is 2.49. The Balaban J connectivity index is 1.63. The van der Waals surface area contributed by atoms with Crippen molar-refractivity contribution in [3.05, 3.63) is 17.9 Å². The van der Waals surface area contributed by atoms with Crippen molar-refractivity contribution in [1.29, 1.82) is 0 Å². The molecule has 5 rings (SSSR count). The van der Waals surface area contributed by atoms with E-state index in [2.05, 4.69) is 15.0 Å². The molecule has 2 unspecified atom stereocenters. The highest BCUT2D eigenvalue weighted by atomic mass is 32.2. The summed E-state index contributed by atoms with van der Waals surface area (Å²) in [7, 11) is 0. The molecule has 1 saturated carbocycles. The van der Waals surface area contributed by atoms with Gasteiger partial charge in [0.15, 0.2) is 0 Å². The molecule has 1 aromatic rings. The van der Waals surface area contributed by atoms with Crippen molar-refractivity contribution in [1.82, 2.24) is 10.0 Å². The number of anilines is 1. The maximum Gasteiger partial charge on any atom is 0.408 e. The number of fused-ring (bicyclic) bond motifs is 2. The van der Waals surface area contributed by atoms with Crippen LogP contribution in [0.15, 0.2) is 22.0 Å². The molecule has 1 aliphatic carbocycles. The van der Waals surface area contributed by atoms with Crippen molar-refractivity contribution in [2.24, 2.45) is 10.9 Å². The number of nitrogens with zero attached hydrogens (tertiary/aromatic N) is 2. The summed E-state index contributed by atoms with van der Waals surface area (Å²) < 4.78 is 58.0. The Bertz CT molecular complexity index is 761. The first-order valence-corrected chi connectivity index (χ1v) is 9.17. The minimum absolute atomic E-state index is 0.00988. The van der Waals surface area contributed by atoms with Crippen LogP contribution in [0, 0.1) is 11.7 Å². The van der Waals surface area contributed by atoms with E-state index in [-0.39, 0.29) is 24.2 Å². The van der Waals surface area contributed by atoms with Gasteiger partial charge in [0.05, 0.1) is 16.6 Å². The van der Waals surface area contributed by atoms with Gasteiger partial charge in [0.2, 0.25) is 0 Å². The van der Waals surface area contributed by atoms with E-state index >= 15 is 0 Å². The number of aliphatic imine (C=N–C) groups is 1. The quantitative estimate of drug-likeness (QED) is 0.617. The van der Waals surface area contributed by atoms with Crippen LogP contribution in [0.3, 0.4) is 0 Å². The second-order valence-corrected chi connectivity index (χ2v) is 7.88. The van der Waals surface area contributed by atoms with Crippen LogP contribution in [0.25, 0.3) is 0 Å². The van der Waals surface area contributed by atoms with Crippen LogP contribution < -0.4 is 14.9 Å². The zero-order valence-electron chi connectivity index (χ0n) is 13.1. The lowest BCUT2D eigenvalue weighted by Crippen LogP contribution is -2.60. The molecule has 0 spiro atoms. The van der Waals surface area contributed by atoms with Crippen LogP contribution in [0.2, 0.25) is 0 Å². The predicted octanol–water partition coefficient (Wildman–Crippen LogP) is 3.36. The van der Waals surface area contributed by atoms with E-state index in [1.165, 1.54) is 29.0 Å². The largest absolute Gasteiger partial charge is 0.408 e. The fourth-order valence-corrected chi connectivity index (χ4v) is 4.72. The number of benzene rings is 1. The number of hydrogen-bond acceptors (Lipinski definition) is 5. The summed E-state index contributed by atoms with van der Waals surface area (Å²) in [6.07, 6.45) is -2.31. The van der Waals surface area contributed by atoms with Gasteiger partial charge < -0.3 is 14.9 Å². The second kappa shape index (κ2) is 5.26. The third-order valence-corrected chi connectivity index (χ3v) is 6.20. The van der Waals surface area contributed by atoms with E-state index in [4.69, 9.17) is 0 Å². The zero-order chi connectivity index (χ0) is 17.3. The fourth-order valence-electron chi connectivity index (χ4n) is 3.88. The van der Waals surface area contributed by atoms with Crippen molar-refractivity contribution >= 4 is 29.2 Å². The Hall–Kier alpha value is -1.48. The minimum Gasteiger partial charge on any atom is -0.352 e. The minimum atomic E-state index is -4.36. The molecule has 2 saturated heterocycles. The summed E-state index contributed by atoms with van der Waals surface area (Å²) in [5.74, 6) is 0.592. The molecule has 0 bridgehead atoms. The van der Waals surface area contributed by atoms with E-state index in [0.29, 0.717) is 23.0 Å². The first-order chi connectivity index (χ1) is 11.9. The topological polar surface area (TPSA) is 39.7 Å². The van der Waals surface area contributed by atoms with Gasteiger partial charge in [0.25, 0.3) is 0 Å². The summed E-state index contributed by atoms with van der Waals surface area (Å²) in [6, 6.07) is 0.462. The van der Waals surface area contributed by atoms with Crippen molar-refractivity contribution in [2.75, 3.05) is 11.4 Å². The van der Waals surface area contributed by atoms with E-state index < -0.39 is 18.0 Å². The zero-order valence-corrected chi connectivity index (χ0v) is 13.9. The first-order valence-electron chi connectivity index (χ1n) is 8.35. The molecule has 2 N–H and O–H groups in total. The van der Waals surface area contributed by atoms with Crippen LogP contribution in [0.4, 0.5) is 28.9 Å². The van der Waals surface area contributed by atoms with E-state index in [0.717, 1.165) is 18.7 Å². The lowest BCUT2D eigenvalue weighted by atomic mass is 10.0. The van der Waals surface area contributed by atoms with Crippen LogP contribution in [-0.4, -0.2) is 36.7 Å². The Morgan fingerprint density at radius 2 is 2.04 bits per heavy atom. The summed E-state index contributed by atoms with van der Waals surface area (Å²) >= 11 is 1.24. The van der Waals surface area contributed by atoms with Gasteiger partial charge in [-0.3, -0.25) is 0 Å². The molecule has 0 radical (unpaired) electrons. The lowest BCUT2D eigenvalue weighted by molar-refractivity contribution is -0.146. The smallest absolute Gasteiger partial charge is 0.352 e. The van der Waals surface area contributed by atoms with Gasteiger partial charge in [-0.1, -0.05) is 0 Å².